The number of halogens is 3. The number of hydrogen-bond donors (Lipinski definition) is 1. The molecule has 0 amide bonds. The zero-order chi connectivity index (χ0) is 24.0. The zero-order valence-electron chi connectivity index (χ0n) is 18.0. The van der Waals surface area contributed by atoms with E-state index in [0.717, 1.165) is 16.6 Å². The van der Waals surface area contributed by atoms with Gasteiger partial charge in [-0.1, -0.05) is 29.3 Å². The van der Waals surface area contributed by atoms with Crippen LogP contribution in [0.3, 0.4) is 0 Å². The van der Waals surface area contributed by atoms with Crippen molar-refractivity contribution in [1.82, 2.24) is 19.5 Å². The van der Waals surface area contributed by atoms with Crippen molar-refractivity contribution in [3.05, 3.63) is 76.4 Å². The molecule has 0 spiro atoms. The Kier molecular flexibility index (Phi) is 5.97. The van der Waals surface area contributed by atoms with Gasteiger partial charge in [0.15, 0.2) is 0 Å². The molecule has 34 heavy (non-hydrogen) atoms. The van der Waals surface area contributed by atoms with E-state index < -0.39 is 16.0 Å². The van der Waals surface area contributed by atoms with Crippen molar-refractivity contribution in [3.8, 4) is 5.69 Å². The van der Waals surface area contributed by atoms with Crippen LogP contribution in [0.25, 0.3) is 16.6 Å². The lowest BCUT2D eigenvalue weighted by Gasteiger charge is -2.20. The standard InChI is InChI=1S/C23H20Cl2FN5O2S/c1-14-9-15(24)10-19(25)23(14)34(32,33)29-16-7-8-30(13-16)20-3-2-4-21-18(20)12-28-31(21)17-5-6-22(26)27-11-17/h2-6,9-12,16,29H,7-8,13H2,1H3. The molecule has 2 aromatic carbocycles. The van der Waals surface area contributed by atoms with E-state index in [2.05, 4.69) is 19.7 Å². The summed E-state index contributed by atoms with van der Waals surface area (Å²) in [6.07, 6.45) is 3.82. The minimum Gasteiger partial charge on any atom is -0.369 e. The molecule has 0 saturated carbocycles. The van der Waals surface area contributed by atoms with Crippen LogP contribution in [-0.2, 0) is 10.0 Å². The lowest BCUT2D eigenvalue weighted by Crippen LogP contribution is -2.37. The van der Waals surface area contributed by atoms with E-state index in [-0.39, 0.29) is 16.0 Å². The molecule has 2 aromatic heterocycles. The van der Waals surface area contributed by atoms with E-state index in [0.29, 0.717) is 35.8 Å². The SMILES string of the molecule is Cc1cc(Cl)cc(Cl)c1S(=O)(=O)NC1CCN(c2cccc3c2cnn3-c2ccc(F)nc2)C1. The molecule has 176 valence electrons. The van der Waals surface area contributed by atoms with Gasteiger partial charge < -0.3 is 4.90 Å². The van der Waals surface area contributed by atoms with E-state index in [1.165, 1.54) is 18.3 Å². The van der Waals surface area contributed by atoms with Gasteiger partial charge in [0.25, 0.3) is 0 Å². The number of sulfonamides is 1. The van der Waals surface area contributed by atoms with Gasteiger partial charge in [-0.3, -0.25) is 0 Å². The monoisotopic (exact) mass is 519 g/mol. The van der Waals surface area contributed by atoms with E-state index in [4.69, 9.17) is 23.2 Å². The predicted octanol–water partition coefficient (Wildman–Crippen LogP) is 4.73. The molecule has 0 bridgehead atoms. The Bertz CT molecular complexity index is 1470. The Morgan fingerprint density at radius 3 is 2.71 bits per heavy atom. The Morgan fingerprint density at radius 2 is 1.97 bits per heavy atom. The van der Waals surface area contributed by atoms with Crippen LogP contribution >= 0.6 is 23.2 Å². The molecule has 1 aliphatic heterocycles. The summed E-state index contributed by atoms with van der Waals surface area (Å²) in [4.78, 5) is 5.88. The number of nitrogens with zero attached hydrogens (tertiary/aromatic N) is 4. The molecule has 11 heteroatoms. The molecule has 1 unspecified atom stereocenters. The fraction of sp³-hybridized carbons (Fsp3) is 0.217. The van der Waals surface area contributed by atoms with E-state index in [1.54, 1.807) is 29.9 Å². The molecule has 1 aliphatic rings. The number of benzene rings is 2. The van der Waals surface area contributed by atoms with Crippen molar-refractivity contribution in [2.45, 2.75) is 24.3 Å². The molecule has 3 heterocycles. The van der Waals surface area contributed by atoms with Crippen LogP contribution in [0.15, 0.2) is 59.8 Å². The van der Waals surface area contributed by atoms with Crippen molar-refractivity contribution >= 4 is 49.8 Å². The third-order valence-electron chi connectivity index (χ3n) is 5.86. The Balaban J connectivity index is 1.39. The van der Waals surface area contributed by atoms with E-state index in [9.17, 15) is 12.8 Å². The number of anilines is 1. The lowest BCUT2D eigenvalue weighted by molar-refractivity contribution is 0.561. The topological polar surface area (TPSA) is 80.1 Å². The van der Waals surface area contributed by atoms with Crippen LogP contribution in [0.2, 0.25) is 10.0 Å². The maximum atomic E-state index is 13.2. The number of rotatable bonds is 5. The maximum absolute atomic E-state index is 13.2. The summed E-state index contributed by atoms with van der Waals surface area (Å²) in [5, 5.41) is 5.86. The summed E-state index contributed by atoms with van der Waals surface area (Å²) in [5.41, 5.74) is 2.93. The van der Waals surface area contributed by atoms with Crippen molar-refractivity contribution in [1.29, 1.82) is 0 Å². The second-order valence-electron chi connectivity index (χ2n) is 8.19. The average molecular weight is 520 g/mol. The van der Waals surface area contributed by atoms with Crippen LogP contribution in [0.1, 0.15) is 12.0 Å². The number of fused-ring (bicyclic) bond motifs is 1. The highest BCUT2D eigenvalue weighted by Gasteiger charge is 2.30. The minimum atomic E-state index is -3.83. The number of nitrogens with one attached hydrogen (secondary N) is 1. The third-order valence-corrected chi connectivity index (χ3v) is 8.21. The Morgan fingerprint density at radius 1 is 1.15 bits per heavy atom. The molecule has 1 saturated heterocycles. The summed E-state index contributed by atoms with van der Waals surface area (Å²) >= 11 is 12.2. The van der Waals surface area contributed by atoms with Crippen LogP contribution < -0.4 is 9.62 Å². The van der Waals surface area contributed by atoms with Crippen molar-refractivity contribution in [2.24, 2.45) is 0 Å². The molecule has 0 radical (unpaired) electrons. The smallest absolute Gasteiger partial charge is 0.242 e. The molecule has 4 aromatic rings. The number of aromatic nitrogens is 3. The summed E-state index contributed by atoms with van der Waals surface area (Å²) in [7, 11) is -3.83. The van der Waals surface area contributed by atoms with Gasteiger partial charge in [-0.2, -0.15) is 9.49 Å². The largest absolute Gasteiger partial charge is 0.369 e. The predicted molar refractivity (Wildman–Crippen MR) is 131 cm³/mol. The van der Waals surface area contributed by atoms with Crippen molar-refractivity contribution in [3.63, 3.8) is 0 Å². The van der Waals surface area contributed by atoms with Crippen LogP contribution in [0, 0.1) is 12.9 Å². The van der Waals surface area contributed by atoms with E-state index >= 15 is 0 Å². The van der Waals surface area contributed by atoms with Crippen molar-refractivity contribution < 1.29 is 12.8 Å². The first kappa shape index (κ1) is 23.0. The summed E-state index contributed by atoms with van der Waals surface area (Å²) < 4.78 is 43.9. The van der Waals surface area contributed by atoms with E-state index in [1.807, 2.05) is 18.2 Å². The van der Waals surface area contributed by atoms with Gasteiger partial charge in [-0.25, -0.2) is 22.8 Å². The normalized spacial score (nSPS) is 16.5. The second-order valence-corrected chi connectivity index (χ2v) is 10.7. The highest BCUT2D eigenvalue weighted by Crippen LogP contribution is 2.32. The van der Waals surface area contributed by atoms with Crippen LogP contribution in [-0.4, -0.2) is 42.3 Å². The van der Waals surface area contributed by atoms with Crippen LogP contribution in [0.5, 0.6) is 0 Å². The molecule has 5 rings (SSSR count). The highest BCUT2D eigenvalue weighted by atomic mass is 35.5. The Hall–Kier alpha value is -2.72. The fourth-order valence-electron chi connectivity index (χ4n) is 4.39. The lowest BCUT2D eigenvalue weighted by atomic mass is 10.2. The van der Waals surface area contributed by atoms with Gasteiger partial charge in [-0.15, -0.1) is 0 Å². The highest BCUT2D eigenvalue weighted by molar-refractivity contribution is 7.89. The van der Waals surface area contributed by atoms with Gasteiger partial charge >= 0.3 is 0 Å². The van der Waals surface area contributed by atoms with Gasteiger partial charge in [0.2, 0.25) is 16.0 Å². The first-order chi connectivity index (χ1) is 16.2. The maximum Gasteiger partial charge on any atom is 0.242 e. The number of aryl methyl sites for hydroxylation is 1. The van der Waals surface area contributed by atoms with Gasteiger partial charge in [0.1, 0.15) is 4.90 Å². The molecule has 1 atom stereocenters. The third kappa shape index (κ3) is 4.24. The molecule has 1 fully saturated rings. The molecule has 1 N–H and O–H groups in total. The van der Waals surface area contributed by atoms with Gasteiger partial charge in [0, 0.05) is 35.2 Å². The molecular weight excluding hydrogens is 500 g/mol. The summed E-state index contributed by atoms with van der Waals surface area (Å²) in [5.74, 6) is -0.554. The molecule has 0 aliphatic carbocycles. The summed E-state index contributed by atoms with van der Waals surface area (Å²) in [6.45, 7) is 2.83. The van der Waals surface area contributed by atoms with Gasteiger partial charge in [-0.05, 0) is 55.3 Å². The Labute approximate surface area is 206 Å². The average Bonchev–Trinajstić information content (AvgIpc) is 3.40. The fourth-order valence-corrected chi connectivity index (χ4v) is 6.84. The number of pyridine rings is 1. The molecular formula is C23H20Cl2FN5O2S. The van der Waals surface area contributed by atoms with Gasteiger partial charge in [0.05, 0.1) is 28.6 Å². The first-order valence-corrected chi connectivity index (χ1v) is 12.8. The second kappa shape index (κ2) is 8.81. The summed E-state index contributed by atoms with van der Waals surface area (Å²) in [6, 6.07) is 11.5. The van der Waals surface area contributed by atoms with Crippen LogP contribution in [0.4, 0.5) is 10.1 Å². The zero-order valence-corrected chi connectivity index (χ0v) is 20.4. The first-order valence-electron chi connectivity index (χ1n) is 10.5. The minimum absolute atomic E-state index is 0.0494. The van der Waals surface area contributed by atoms with Crippen molar-refractivity contribution in [2.75, 3.05) is 18.0 Å². The number of hydrogen-bond acceptors (Lipinski definition) is 5. The molecule has 7 nitrogen and oxygen atoms in total. The quantitative estimate of drug-likeness (QED) is 0.385.